The fourth-order valence-corrected chi connectivity index (χ4v) is 0.588. The molecule has 0 saturated carbocycles. The molecule has 0 nitrogen and oxygen atoms in total. The van der Waals surface area contributed by atoms with Gasteiger partial charge in [0.05, 0.1) is 0 Å². The third kappa shape index (κ3) is 5.92. The van der Waals surface area contributed by atoms with Crippen LogP contribution in [0.3, 0.4) is 0 Å². The fourth-order valence-electron chi connectivity index (χ4n) is 0.588. The highest BCUT2D eigenvalue weighted by atomic mass is 13.9. The first-order chi connectivity index (χ1) is 6.43. The van der Waals surface area contributed by atoms with Crippen molar-refractivity contribution in [2.75, 3.05) is 0 Å². The number of rotatable bonds is 0. The molecule has 0 aliphatic carbocycles. The predicted octanol–water partition coefficient (Wildman–Crippen LogP) is 3.48. The average Bonchev–Trinajstić information content (AvgIpc) is 2.09. The molecular formula is C14H16. The van der Waals surface area contributed by atoms with Crippen molar-refractivity contribution in [2.45, 2.75) is 27.7 Å². The van der Waals surface area contributed by atoms with Crippen LogP contribution in [0.5, 0.6) is 0 Å². The Morgan fingerprint density at radius 3 is 1.14 bits per heavy atom. The molecule has 14 heavy (non-hydrogen) atoms. The van der Waals surface area contributed by atoms with E-state index >= 15 is 0 Å². The second-order valence-electron chi connectivity index (χ2n) is 3.31. The topological polar surface area (TPSA) is 0 Å². The summed E-state index contributed by atoms with van der Waals surface area (Å²) in [5.74, 6) is 11.8. The van der Waals surface area contributed by atoms with Crippen LogP contribution in [0.4, 0.5) is 0 Å². The molecule has 0 aromatic rings. The average molecular weight is 184 g/mol. The summed E-state index contributed by atoms with van der Waals surface area (Å²) < 4.78 is 0. The molecule has 0 aliphatic heterocycles. The molecule has 0 fully saturated rings. The minimum absolute atomic E-state index is 0.866. The van der Waals surface area contributed by atoms with E-state index in [1.165, 1.54) is 0 Å². The Labute approximate surface area is 87.4 Å². The van der Waals surface area contributed by atoms with Crippen LogP contribution in [-0.2, 0) is 0 Å². The number of allylic oxidation sites excluding steroid dienone is 4. The van der Waals surface area contributed by atoms with Crippen molar-refractivity contribution >= 4 is 0 Å². The lowest BCUT2D eigenvalue weighted by Crippen LogP contribution is -1.78. The smallest absolute Gasteiger partial charge is 0.0106 e. The highest BCUT2D eigenvalue weighted by Gasteiger charge is 1.87. The maximum atomic E-state index is 3.71. The van der Waals surface area contributed by atoms with Crippen LogP contribution in [0.25, 0.3) is 0 Å². The Morgan fingerprint density at radius 1 is 0.643 bits per heavy atom. The quantitative estimate of drug-likeness (QED) is 0.506. The van der Waals surface area contributed by atoms with Gasteiger partial charge in [-0.1, -0.05) is 36.8 Å². The van der Waals surface area contributed by atoms with Crippen molar-refractivity contribution in [1.29, 1.82) is 0 Å². The summed E-state index contributed by atoms with van der Waals surface area (Å²) in [7, 11) is 0. The lowest BCUT2D eigenvalue weighted by Gasteiger charge is -1.91. The number of hydrogen-bond donors (Lipinski definition) is 0. The van der Waals surface area contributed by atoms with Crippen molar-refractivity contribution in [1.82, 2.24) is 0 Å². The van der Waals surface area contributed by atoms with Gasteiger partial charge in [0, 0.05) is 11.1 Å². The van der Waals surface area contributed by atoms with Crippen molar-refractivity contribution in [3.63, 3.8) is 0 Å². The van der Waals surface area contributed by atoms with Gasteiger partial charge in [0.15, 0.2) is 0 Å². The van der Waals surface area contributed by atoms with Crippen LogP contribution in [0, 0.1) is 23.7 Å². The minimum Gasteiger partial charge on any atom is -0.0877 e. The van der Waals surface area contributed by atoms with Gasteiger partial charge in [-0.15, -0.1) is 0 Å². The third-order valence-electron chi connectivity index (χ3n) is 1.49. The molecule has 0 saturated heterocycles. The van der Waals surface area contributed by atoms with E-state index in [0.29, 0.717) is 0 Å². The van der Waals surface area contributed by atoms with Gasteiger partial charge in [-0.05, 0) is 38.8 Å². The zero-order chi connectivity index (χ0) is 11.1. The van der Waals surface area contributed by atoms with Crippen molar-refractivity contribution in [2.24, 2.45) is 0 Å². The summed E-state index contributed by atoms with van der Waals surface area (Å²) in [6.45, 7) is 15.1. The van der Waals surface area contributed by atoms with Crippen molar-refractivity contribution in [3.05, 3.63) is 35.5 Å². The van der Waals surface area contributed by atoms with Crippen molar-refractivity contribution in [3.8, 4) is 23.7 Å². The van der Waals surface area contributed by atoms with E-state index in [0.717, 1.165) is 22.3 Å². The van der Waals surface area contributed by atoms with E-state index in [-0.39, 0.29) is 0 Å². The molecule has 72 valence electrons. The van der Waals surface area contributed by atoms with Crippen LogP contribution in [0.1, 0.15) is 27.7 Å². The monoisotopic (exact) mass is 184 g/mol. The lowest BCUT2D eigenvalue weighted by atomic mass is 10.1. The molecule has 0 amide bonds. The Balaban J connectivity index is 4.83. The van der Waals surface area contributed by atoms with E-state index < -0.39 is 0 Å². The fraction of sp³-hybridized carbons (Fsp3) is 0.286. The maximum absolute atomic E-state index is 3.71. The normalized spacial score (nSPS) is 10.0. The van der Waals surface area contributed by atoms with Crippen molar-refractivity contribution < 1.29 is 0 Å². The Kier molecular flexibility index (Phi) is 5.20. The largest absolute Gasteiger partial charge is 0.0877 e. The molecule has 0 spiro atoms. The third-order valence-corrected chi connectivity index (χ3v) is 1.49. The minimum atomic E-state index is 0.866. The zero-order valence-electron chi connectivity index (χ0n) is 9.41. The molecule has 0 aromatic carbocycles. The van der Waals surface area contributed by atoms with Gasteiger partial charge in [-0.25, -0.2) is 0 Å². The SMILES string of the molecule is C=C(C)C#C/C(C)=C(\C)C#CC(=C)C. The van der Waals surface area contributed by atoms with E-state index in [2.05, 4.69) is 36.8 Å². The highest BCUT2D eigenvalue weighted by Crippen LogP contribution is 2.01. The first-order valence-corrected chi connectivity index (χ1v) is 4.46. The molecular weight excluding hydrogens is 168 g/mol. The van der Waals surface area contributed by atoms with Gasteiger partial charge in [-0.2, -0.15) is 0 Å². The van der Waals surface area contributed by atoms with Gasteiger partial charge in [0.1, 0.15) is 0 Å². The summed E-state index contributed by atoms with van der Waals surface area (Å²) in [5.41, 5.74) is 3.71. The first-order valence-electron chi connectivity index (χ1n) is 4.46. The maximum Gasteiger partial charge on any atom is 0.0106 e. The molecule has 0 N–H and O–H groups in total. The molecule has 0 unspecified atom stereocenters. The van der Waals surface area contributed by atoms with Gasteiger partial charge in [-0.3, -0.25) is 0 Å². The molecule has 0 aromatic heterocycles. The van der Waals surface area contributed by atoms with E-state index in [1.54, 1.807) is 0 Å². The van der Waals surface area contributed by atoms with E-state index in [9.17, 15) is 0 Å². The Morgan fingerprint density at radius 2 is 0.929 bits per heavy atom. The summed E-state index contributed by atoms with van der Waals surface area (Å²) in [6.07, 6.45) is 0. The molecule has 0 heterocycles. The molecule has 0 rings (SSSR count). The standard InChI is InChI=1S/C14H16/c1-11(2)7-9-13(5)14(6)10-8-12(3)4/h1,3H2,2,4-6H3/b14-13+. The number of hydrogen-bond acceptors (Lipinski definition) is 0. The van der Waals surface area contributed by atoms with Gasteiger partial charge in [0.2, 0.25) is 0 Å². The summed E-state index contributed by atoms with van der Waals surface area (Å²) in [6, 6.07) is 0. The van der Waals surface area contributed by atoms with Crippen LogP contribution in [0.15, 0.2) is 35.5 Å². The first kappa shape index (κ1) is 12.3. The molecule has 0 heteroatoms. The van der Waals surface area contributed by atoms with Gasteiger partial charge < -0.3 is 0 Å². The molecule has 0 bridgehead atoms. The Hall–Kier alpha value is -1.66. The Bertz CT molecular complexity index is 355. The van der Waals surface area contributed by atoms with E-state index in [4.69, 9.17) is 0 Å². The highest BCUT2D eigenvalue weighted by molar-refractivity contribution is 5.45. The molecule has 0 radical (unpaired) electrons. The van der Waals surface area contributed by atoms with Gasteiger partial charge >= 0.3 is 0 Å². The van der Waals surface area contributed by atoms with Crippen LogP contribution >= 0.6 is 0 Å². The zero-order valence-corrected chi connectivity index (χ0v) is 9.41. The summed E-state index contributed by atoms with van der Waals surface area (Å²) in [5, 5.41) is 0. The summed E-state index contributed by atoms with van der Waals surface area (Å²) in [4.78, 5) is 0. The van der Waals surface area contributed by atoms with E-state index in [1.807, 2.05) is 27.7 Å². The lowest BCUT2D eigenvalue weighted by molar-refractivity contribution is 1.43. The van der Waals surface area contributed by atoms with Crippen LogP contribution < -0.4 is 0 Å². The molecule has 0 aliphatic rings. The second-order valence-corrected chi connectivity index (χ2v) is 3.31. The summed E-state index contributed by atoms with van der Waals surface area (Å²) >= 11 is 0. The van der Waals surface area contributed by atoms with Gasteiger partial charge in [0.25, 0.3) is 0 Å². The molecule has 0 atom stereocenters. The van der Waals surface area contributed by atoms with Crippen LogP contribution in [0.2, 0.25) is 0 Å². The van der Waals surface area contributed by atoms with Crippen LogP contribution in [-0.4, -0.2) is 0 Å². The second kappa shape index (κ2) is 5.90. The predicted molar refractivity (Wildman–Crippen MR) is 63.6 cm³/mol.